The van der Waals surface area contributed by atoms with E-state index in [1.54, 1.807) is 0 Å². The molecule has 1 amide bonds. The van der Waals surface area contributed by atoms with Gasteiger partial charge in [-0.2, -0.15) is 13.2 Å². The Morgan fingerprint density at radius 3 is 2.42 bits per heavy atom. The van der Waals surface area contributed by atoms with Crippen LogP contribution >= 0.6 is 11.6 Å². The minimum atomic E-state index is -5.19. The first kappa shape index (κ1) is 31.7. The van der Waals surface area contributed by atoms with E-state index in [1.165, 1.54) is 24.3 Å². The third-order valence-corrected chi connectivity index (χ3v) is 12.2. The fourth-order valence-corrected chi connectivity index (χ4v) is 9.89. The number of hydrogen-bond acceptors (Lipinski definition) is 7. The van der Waals surface area contributed by atoms with E-state index in [9.17, 15) is 39.2 Å². The maximum Gasteiger partial charge on any atom is 0.471 e. The van der Waals surface area contributed by atoms with Crippen molar-refractivity contribution in [2.24, 2.45) is 5.92 Å². The van der Waals surface area contributed by atoms with Gasteiger partial charge in [0.2, 0.25) is 0 Å². The molecule has 0 unspecified atom stereocenters. The van der Waals surface area contributed by atoms with Gasteiger partial charge in [-0.25, -0.2) is 25.6 Å². The fraction of sp³-hybridized carbons (Fsp3) is 0.444. The maximum absolute atomic E-state index is 15.5. The van der Waals surface area contributed by atoms with Gasteiger partial charge in [-0.3, -0.25) is 4.79 Å². The van der Waals surface area contributed by atoms with Crippen molar-refractivity contribution in [3.63, 3.8) is 0 Å². The van der Waals surface area contributed by atoms with Crippen molar-refractivity contribution in [2.75, 3.05) is 25.5 Å². The normalized spacial score (nSPS) is 25.3. The molecule has 2 aromatic carbocycles. The molecule has 3 atom stereocenters. The zero-order valence-electron chi connectivity index (χ0n) is 22.2. The minimum Gasteiger partial charge on any atom is -0.490 e. The number of carbonyl (C=O) groups is 1. The van der Waals surface area contributed by atoms with Crippen LogP contribution in [0.15, 0.2) is 52.4 Å². The molecule has 234 valence electrons. The number of sulfone groups is 2. The van der Waals surface area contributed by atoms with Gasteiger partial charge in [0.1, 0.15) is 10.6 Å². The Bertz CT molecular complexity index is 1680. The Morgan fingerprint density at radius 2 is 1.74 bits per heavy atom. The molecular weight excluding hydrogens is 645 g/mol. The van der Waals surface area contributed by atoms with Crippen molar-refractivity contribution in [1.82, 2.24) is 4.90 Å². The van der Waals surface area contributed by atoms with Gasteiger partial charge in [-0.15, -0.1) is 0 Å². The summed E-state index contributed by atoms with van der Waals surface area (Å²) in [4.78, 5) is 11.9. The average Bonchev–Trinajstić information content (AvgIpc) is 3.39. The van der Waals surface area contributed by atoms with Crippen molar-refractivity contribution in [3.05, 3.63) is 69.7 Å². The summed E-state index contributed by atoms with van der Waals surface area (Å²) >= 11 is 5.94. The van der Waals surface area contributed by atoms with Crippen LogP contribution in [0.4, 0.5) is 22.0 Å². The summed E-state index contributed by atoms with van der Waals surface area (Å²) < 4.78 is 133. The topological polar surface area (TPSA) is 107 Å². The van der Waals surface area contributed by atoms with E-state index < -0.39 is 83.8 Å². The van der Waals surface area contributed by atoms with Crippen LogP contribution in [0.5, 0.6) is 5.75 Å². The number of halogens is 6. The van der Waals surface area contributed by atoms with E-state index in [2.05, 4.69) is 0 Å². The quantitative estimate of drug-likeness (QED) is 0.402. The summed E-state index contributed by atoms with van der Waals surface area (Å²) in [5.41, 5.74) is -0.830. The lowest BCUT2D eigenvalue weighted by molar-refractivity contribution is -0.182. The molecule has 3 aliphatic heterocycles. The molecule has 0 bridgehead atoms. The van der Waals surface area contributed by atoms with Gasteiger partial charge in [0.15, 0.2) is 31.2 Å². The fourth-order valence-electron chi connectivity index (χ4n) is 6.09. The third-order valence-electron chi connectivity index (χ3n) is 8.00. The monoisotopic (exact) mass is 669 g/mol. The average molecular weight is 670 g/mol. The van der Waals surface area contributed by atoms with Crippen LogP contribution in [0.25, 0.3) is 0 Å². The lowest BCUT2D eigenvalue weighted by atomic mass is 9.75. The number of allylic oxidation sites excluding steroid dienone is 1. The first-order chi connectivity index (χ1) is 20.1. The molecule has 5 rings (SSSR count). The van der Waals surface area contributed by atoms with Crippen LogP contribution < -0.4 is 4.74 Å². The SMILES string of the molecule is O=C(N1CCC/C1=C\S(=O)(=O)CC[C@@H]1OCC[C@@]2(S(=O)(=O)c3ccc(Cl)cc3)c3c(F)ccc(F)c3OC[C@@H]12)C(F)(F)F. The Labute approximate surface area is 249 Å². The molecule has 0 N–H and O–H groups in total. The molecule has 0 radical (unpaired) electrons. The molecule has 3 heterocycles. The number of fused-ring (bicyclic) bond motifs is 3. The molecule has 0 aliphatic carbocycles. The Hall–Kier alpha value is -2.75. The second-order valence-electron chi connectivity index (χ2n) is 10.5. The van der Waals surface area contributed by atoms with E-state index >= 15 is 4.39 Å². The predicted octanol–water partition coefficient (Wildman–Crippen LogP) is 4.92. The highest BCUT2D eigenvalue weighted by Gasteiger charge is 2.61. The van der Waals surface area contributed by atoms with Crippen molar-refractivity contribution < 1.29 is 53.1 Å². The lowest BCUT2D eigenvalue weighted by Crippen LogP contribution is -2.57. The zero-order valence-corrected chi connectivity index (χ0v) is 24.6. The molecule has 2 fully saturated rings. The predicted molar refractivity (Wildman–Crippen MR) is 144 cm³/mol. The summed E-state index contributed by atoms with van der Waals surface area (Å²) in [5.74, 6) is -6.65. The van der Waals surface area contributed by atoms with Gasteiger partial charge in [-0.05, 0) is 62.1 Å². The van der Waals surface area contributed by atoms with Crippen LogP contribution in [0.2, 0.25) is 5.02 Å². The summed E-state index contributed by atoms with van der Waals surface area (Å²) in [6.45, 7) is -1.02. The van der Waals surface area contributed by atoms with Crippen molar-refractivity contribution in [3.8, 4) is 5.75 Å². The molecule has 0 saturated carbocycles. The smallest absolute Gasteiger partial charge is 0.471 e. The number of likely N-dealkylation sites (tertiary alicyclic amines) is 1. The number of benzene rings is 2. The van der Waals surface area contributed by atoms with Crippen LogP contribution in [0, 0.1) is 17.6 Å². The summed E-state index contributed by atoms with van der Waals surface area (Å²) in [5, 5.41) is 0.853. The first-order valence-corrected chi connectivity index (χ1v) is 16.7. The lowest BCUT2D eigenvalue weighted by Gasteiger charge is -2.50. The van der Waals surface area contributed by atoms with Crippen LogP contribution in [-0.4, -0.2) is 65.4 Å². The van der Waals surface area contributed by atoms with Crippen LogP contribution in [0.3, 0.4) is 0 Å². The molecule has 2 saturated heterocycles. The minimum absolute atomic E-state index is 0.0679. The van der Waals surface area contributed by atoms with Gasteiger partial charge in [0, 0.05) is 29.8 Å². The Kier molecular flexibility index (Phi) is 8.33. The number of carbonyl (C=O) groups excluding carboxylic acids is 1. The second kappa shape index (κ2) is 11.3. The number of rotatable bonds is 6. The molecule has 3 aliphatic rings. The van der Waals surface area contributed by atoms with Crippen molar-refractivity contribution >= 4 is 37.2 Å². The van der Waals surface area contributed by atoms with Gasteiger partial charge < -0.3 is 14.4 Å². The highest BCUT2D eigenvalue weighted by molar-refractivity contribution is 7.94. The Morgan fingerprint density at radius 1 is 1.07 bits per heavy atom. The molecule has 43 heavy (non-hydrogen) atoms. The molecule has 0 aromatic heterocycles. The van der Waals surface area contributed by atoms with Gasteiger partial charge in [0.25, 0.3) is 0 Å². The van der Waals surface area contributed by atoms with Gasteiger partial charge in [-0.1, -0.05) is 11.6 Å². The number of alkyl halides is 3. The third kappa shape index (κ3) is 5.64. The summed E-state index contributed by atoms with van der Waals surface area (Å²) in [7, 11) is -8.77. The van der Waals surface area contributed by atoms with Crippen molar-refractivity contribution in [2.45, 2.75) is 47.6 Å². The molecular formula is C27H25ClF5NO7S2. The largest absolute Gasteiger partial charge is 0.490 e. The molecule has 0 spiro atoms. The summed E-state index contributed by atoms with van der Waals surface area (Å²) in [6.07, 6.45) is -6.92. The van der Waals surface area contributed by atoms with Gasteiger partial charge in [0.05, 0.1) is 34.3 Å². The van der Waals surface area contributed by atoms with E-state index in [-0.39, 0.29) is 54.5 Å². The van der Waals surface area contributed by atoms with Crippen LogP contribution in [-0.2, 0) is 34.0 Å². The van der Waals surface area contributed by atoms with E-state index in [0.717, 1.165) is 12.1 Å². The number of nitrogens with zero attached hydrogens (tertiary/aromatic N) is 1. The van der Waals surface area contributed by atoms with Crippen molar-refractivity contribution in [1.29, 1.82) is 0 Å². The zero-order chi connectivity index (χ0) is 31.4. The second-order valence-corrected chi connectivity index (χ2v) is 15.1. The highest BCUT2D eigenvalue weighted by atomic mass is 35.5. The van der Waals surface area contributed by atoms with E-state index in [0.29, 0.717) is 10.3 Å². The van der Waals surface area contributed by atoms with E-state index in [1.807, 2.05) is 0 Å². The summed E-state index contributed by atoms with van der Waals surface area (Å²) in [6, 6.07) is 6.71. The number of ether oxygens (including phenoxy) is 2. The molecule has 16 heteroatoms. The molecule has 8 nitrogen and oxygen atoms in total. The van der Waals surface area contributed by atoms with Gasteiger partial charge >= 0.3 is 12.1 Å². The Balaban J connectivity index is 1.51. The highest BCUT2D eigenvalue weighted by Crippen LogP contribution is 2.56. The standard InChI is InChI=1S/C27H25ClF5NO7S2/c28-16-3-5-18(6-4-16)43(38,39)26-10-12-40-22(19(26)14-41-24-21(30)8-7-20(29)23(24)26)9-13-42(36,37)15-17-2-1-11-34(17)25(35)27(31,32)33/h3-8,15,19,22H,1-2,9-14H2/b17-15+/t19-,22-,26-/m0/s1. The first-order valence-electron chi connectivity index (χ1n) is 13.1. The molecule has 2 aromatic rings. The van der Waals surface area contributed by atoms with E-state index in [4.69, 9.17) is 21.1 Å². The van der Waals surface area contributed by atoms with Crippen LogP contribution in [0.1, 0.15) is 31.2 Å². The number of hydrogen-bond donors (Lipinski definition) is 0. The number of amides is 1. The maximum atomic E-state index is 15.5.